The largest absolute Gasteiger partial charge is 0.386 e. The number of aliphatic hydroxyl groups is 1. The summed E-state index contributed by atoms with van der Waals surface area (Å²) >= 11 is 0. The summed E-state index contributed by atoms with van der Waals surface area (Å²) in [6, 6.07) is 22.1. The van der Waals surface area contributed by atoms with Crippen molar-refractivity contribution in [3.63, 3.8) is 0 Å². The molecule has 0 fully saturated rings. The van der Waals surface area contributed by atoms with E-state index in [0.29, 0.717) is 16.8 Å². The van der Waals surface area contributed by atoms with Crippen molar-refractivity contribution in [1.29, 1.82) is 0 Å². The van der Waals surface area contributed by atoms with Gasteiger partial charge in [0.25, 0.3) is 5.69 Å². The molecule has 0 aromatic heterocycles. The van der Waals surface area contributed by atoms with Crippen LogP contribution in [-0.4, -0.2) is 10.0 Å². The topological polar surface area (TPSA) is 75.4 Å². The average Bonchev–Trinajstić information content (AvgIpc) is 3.03. The van der Waals surface area contributed by atoms with Crippen LogP contribution >= 0.6 is 0 Å². The maximum atomic E-state index is 11.5. The van der Waals surface area contributed by atoms with Gasteiger partial charge in [0.05, 0.1) is 16.5 Å². The number of nitro groups is 1. The normalized spacial score (nSPS) is 18.3. The smallest absolute Gasteiger partial charge is 0.278 e. The Hall–Kier alpha value is -3.44. The third-order valence-electron chi connectivity index (χ3n) is 4.75. The zero-order valence-electron chi connectivity index (χ0n) is 14.4. The number of benzene rings is 3. The number of aliphatic hydroxyl groups excluding tert-OH is 1. The first kappa shape index (κ1) is 17.0. The van der Waals surface area contributed by atoms with Crippen LogP contribution in [0.25, 0.3) is 12.2 Å². The molecule has 2 N–H and O–H groups in total. The molecule has 0 bridgehead atoms. The Kier molecular flexibility index (Phi) is 4.44. The fraction of sp³-hybridized carbons (Fsp3) is 0.0909. The van der Waals surface area contributed by atoms with Crippen molar-refractivity contribution < 1.29 is 10.0 Å². The molecular weight excluding hydrogens is 340 g/mol. The van der Waals surface area contributed by atoms with Crippen LogP contribution in [0.2, 0.25) is 0 Å². The molecule has 0 amide bonds. The maximum Gasteiger partial charge on any atom is 0.278 e. The van der Waals surface area contributed by atoms with Gasteiger partial charge in [-0.1, -0.05) is 66.7 Å². The van der Waals surface area contributed by atoms with Gasteiger partial charge in [0.2, 0.25) is 0 Å². The molecule has 4 rings (SSSR count). The molecule has 5 nitrogen and oxygen atoms in total. The van der Waals surface area contributed by atoms with Gasteiger partial charge in [-0.2, -0.15) is 0 Å². The molecule has 134 valence electrons. The molecule has 3 aromatic rings. The molecule has 1 heterocycles. The van der Waals surface area contributed by atoms with E-state index >= 15 is 0 Å². The number of anilines is 1. The van der Waals surface area contributed by atoms with Crippen molar-refractivity contribution in [3.8, 4) is 0 Å². The number of nitro benzene ring substituents is 1. The van der Waals surface area contributed by atoms with Gasteiger partial charge in [-0.25, -0.2) is 0 Å². The van der Waals surface area contributed by atoms with E-state index in [9.17, 15) is 15.2 Å². The minimum atomic E-state index is -0.771. The third-order valence-corrected chi connectivity index (χ3v) is 4.75. The first-order valence-electron chi connectivity index (χ1n) is 8.68. The van der Waals surface area contributed by atoms with Crippen molar-refractivity contribution in [1.82, 2.24) is 0 Å². The summed E-state index contributed by atoms with van der Waals surface area (Å²) in [5.74, 6) is 0. The third kappa shape index (κ3) is 3.32. The molecular formula is C22H18N2O3. The van der Waals surface area contributed by atoms with Gasteiger partial charge in [0, 0.05) is 17.3 Å². The predicted molar refractivity (Wildman–Crippen MR) is 106 cm³/mol. The number of nitrogens with zero attached hydrogens (tertiary/aromatic N) is 1. The van der Waals surface area contributed by atoms with Crippen LogP contribution < -0.4 is 5.32 Å². The fourth-order valence-electron chi connectivity index (χ4n) is 3.39. The van der Waals surface area contributed by atoms with E-state index in [1.807, 2.05) is 66.7 Å². The summed E-state index contributed by atoms with van der Waals surface area (Å²) in [5, 5.41) is 25.5. The van der Waals surface area contributed by atoms with Crippen molar-refractivity contribution in [2.45, 2.75) is 12.1 Å². The number of hydrogen-bond acceptors (Lipinski definition) is 4. The van der Waals surface area contributed by atoms with Gasteiger partial charge < -0.3 is 10.4 Å². The number of hydrogen-bond donors (Lipinski definition) is 2. The molecule has 0 saturated carbocycles. The van der Waals surface area contributed by atoms with Crippen LogP contribution in [-0.2, 0) is 0 Å². The van der Waals surface area contributed by atoms with Gasteiger partial charge in [-0.15, -0.1) is 0 Å². The Morgan fingerprint density at radius 1 is 0.963 bits per heavy atom. The summed E-state index contributed by atoms with van der Waals surface area (Å²) in [4.78, 5) is 11.2. The van der Waals surface area contributed by atoms with Gasteiger partial charge in [-0.05, 0) is 23.3 Å². The lowest BCUT2D eigenvalue weighted by Gasteiger charge is -2.15. The van der Waals surface area contributed by atoms with E-state index in [2.05, 4.69) is 5.32 Å². The van der Waals surface area contributed by atoms with Crippen LogP contribution in [0.15, 0.2) is 72.8 Å². The SMILES string of the molecule is O=[N+]([O-])c1cc2c(cc1/C=C\c1ccccc1)[C@@H](O)[C@@H](c1ccccc1)N2. The first-order chi connectivity index (χ1) is 13.1. The summed E-state index contributed by atoms with van der Waals surface area (Å²) in [7, 11) is 0. The lowest BCUT2D eigenvalue weighted by atomic mass is 9.98. The Balaban J connectivity index is 1.72. The molecule has 27 heavy (non-hydrogen) atoms. The molecule has 1 aliphatic rings. The Morgan fingerprint density at radius 2 is 1.63 bits per heavy atom. The van der Waals surface area contributed by atoms with Crippen LogP contribution in [0.5, 0.6) is 0 Å². The molecule has 0 radical (unpaired) electrons. The van der Waals surface area contributed by atoms with Crippen LogP contribution in [0.4, 0.5) is 11.4 Å². The summed E-state index contributed by atoms with van der Waals surface area (Å²) in [6.45, 7) is 0. The zero-order chi connectivity index (χ0) is 18.8. The van der Waals surface area contributed by atoms with Crippen LogP contribution in [0.1, 0.15) is 34.4 Å². The Morgan fingerprint density at radius 3 is 2.30 bits per heavy atom. The number of fused-ring (bicyclic) bond motifs is 1. The van der Waals surface area contributed by atoms with E-state index in [1.165, 1.54) is 6.07 Å². The number of rotatable bonds is 4. The summed E-state index contributed by atoms with van der Waals surface area (Å²) < 4.78 is 0. The summed E-state index contributed by atoms with van der Waals surface area (Å²) in [6.07, 6.45) is 2.78. The second-order valence-electron chi connectivity index (χ2n) is 6.48. The maximum absolute atomic E-state index is 11.5. The molecule has 5 heteroatoms. The Bertz CT molecular complexity index is 1000. The molecule has 0 unspecified atom stereocenters. The molecule has 0 spiro atoms. The number of nitrogens with one attached hydrogen (secondary N) is 1. The van der Waals surface area contributed by atoms with E-state index in [1.54, 1.807) is 12.1 Å². The molecule has 3 aromatic carbocycles. The highest BCUT2D eigenvalue weighted by Gasteiger charge is 2.33. The second kappa shape index (κ2) is 7.05. The van der Waals surface area contributed by atoms with Crippen LogP contribution in [0.3, 0.4) is 0 Å². The quantitative estimate of drug-likeness (QED) is 0.392. The highest BCUT2D eigenvalue weighted by molar-refractivity contribution is 5.78. The van der Waals surface area contributed by atoms with Gasteiger partial charge >= 0.3 is 0 Å². The van der Waals surface area contributed by atoms with Crippen molar-refractivity contribution in [3.05, 3.63) is 105 Å². The predicted octanol–water partition coefficient (Wildman–Crippen LogP) is 4.97. The minimum Gasteiger partial charge on any atom is -0.386 e. The highest BCUT2D eigenvalue weighted by Crippen LogP contribution is 2.45. The van der Waals surface area contributed by atoms with Crippen LogP contribution in [0, 0.1) is 10.1 Å². The van der Waals surface area contributed by atoms with E-state index < -0.39 is 11.0 Å². The van der Waals surface area contributed by atoms with E-state index in [4.69, 9.17) is 0 Å². The lowest BCUT2D eigenvalue weighted by Crippen LogP contribution is -2.10. The zero-order valence-corrected chi connectivity index (χ0v) is 14.4. The lowest BCUT2D eigenvalue weighted by molar-refractivity contribution is -0.385. The molecule has 2 atom stereocenters. The Labute approximate surface area is 156 Å². The average molecular weight is 358 g/mol. The minimum absolute atomic E-state index is 0.00865. The standard InChI is InChI=1S/C22H18N2O3/c25-22-18-13-17(12-11-15-7-3-1-4-8-15)20(24(26)27)14-19(18)23-21(22)16-9-5-2-6-10-16/h1-14,21-23,25H/b12-11-/t21-,22-/m1/s1. The van der Waals surface area contributed by atoms with Crippen molar-refractivity contribution in [2.75, 3.05) is 5.32 Å². The van der Waals surface area contributed by atoms with E-state index in [0.717, 1.165) is 11.1 Å². The highest BCUT2D eigenvalue weighted by atomic mass is 16.6. The summed E-state index contributed by atoms with van der Waals surface area (Å²) in [5.41, 5.74) is 3.63. The second-order valence-corrected chi connectivity index (χ2v) is 6.48. The van der Waals surface area contributed by atoms with Gasteiger partial charge in [0.1, 0.15) is 6.10 Å². The molecule has 0 aliphatic carbocycles. The van der Waals surface area contributed by atoms with Crippen molar-refractivity contribution in [2.24, 2.45) is 0 Å². The molecule has 1 aliphatic heterocycles. The molecule has 0 saturated heterocycles. The first-order valence-corrected chi connectivity index (χ1v) is 8.68. The van der Waals surface area contributed by atoms with Gasteiger partial charge in [-0.3, -0.25) is 10.1 Å². The monoisotopic (exact) mass is 358 g/mol. The van der Waals surface area contributed by atoms with Gasteiger partial charge in [0.15, 0.2) is 0 Å². The fourth-order valence-corrected chi connectivity index (χ4v) is 3.39. The van der Waals surface area contributed by atoms with Crippen molar-refractivity contribution >= 4 is 23.5 Å². The van der Waals surface area contributed by atoms with E-state index in [-0.39, 0.29) is 11.7 Å².